The molecule has 2 atom stereocenters. The second-order valence-electron chi connectivity index (χ2n) is 6.68. The topological polar surface area (TPSA) is 84.2 Å². The maximum atomic E-state index is 12.6. The molecule has 2 aromatic heterocycles. The number of aromatic nitrogens is 2. The number of rotatable bonds is 4. The quantitative estimate of drug-likeness (QED) is 0.738. The van der Waals surface area contributed by atoms with Gasteiger partial charge in [-0.15, -0.1) is 11.3 Å². The van der Waals surface area contributed by atoms with Crippen LogP contribution in [0, 0.1) is 12.8 Å². The summed E-state index contributed by atoms with van der Waals surface area (Å²) in [7, 11) is 0. The third kappa shape index (κ3) is 2.99. The highest BCUT2D eigenvalue weighted by molar-refractivity contribution is 7.20. The lowest BCUT2D eigenvalue weighted by molar-refractivity contribution is -0.141. The number of benzene rings is 1. The van der Waals surface area contributed by atoms with Crippen LogP contribution in [-0.2, 0) is 4.79 Å². The largest absolute Gasteiger partial charge is 0.481 e. The molecule has 2 heterocycles. The van der Waals surface area contributed by atoms with Crippen molar-refractivity contribution >= 4 is 33.4 Å². The minimum Gasteiger partial charge on any atom is -0.481 e. The summed E-state index contributed by atoms with van der Waals surface area (Å²) in [4.78, 5) is 25.3. The molecule has 4 rings (SSSR count). The standard InChI is InChI=1S/C19H19N3O3S/c1-11-15-10-16(17(23)20-13-8-7-12(9-13)19(24)25)26-18(15)22(21-11)14-5-3-2-4-6-14/h2-6,10,12-13H,7-9H2,1H3,(H,20,23)(H,24,25)/t12-,13-/m1/s1. The third-order valence-corrected chi connectivity index (χ3v) is 6.00. The number of fused-ring (bicyclic) bond motifs is 1. The molecule has 1 aliphatic rings. The monoisotopic (exact) mass is 369 g/mol. The van der Waals surface area contributed by atoms with Gasteiger partial charge in [-0.05, 0) is 44.4 Å². The minimum absolute atomic E-state index is 0.0690. The molecule has 2 N–H and O–H groups in total. The molecule has 26 heavy (non-hydrogen) atoms. The number of carbonyl (C=O) groups excluding carboxylic acids is 1. The fraction of sp³-hybridized carbons (Fsp3) is 0.316. The number of carboxylic acid groups (broad SMARTS) is 1. The first-order chi connectivity index (χ1) is 12.5. The van der Waals surface area contributed by atoms with Gasteiger partial charge >= 0.3 is 5.97 Å². The number of amides is 1. The third-order valence-electron chi connectivity index (χ3n) is 4.89. The number of carboxylic acids is 1. The number of para-hydroxylation sites is 1. The fourth-order valence-corrected chi connectivity index (χ4v) is 4.58. The molecule has 0 radical (unpaired) electrons. The summed E-state index contributed by atoms with van der Waals surface area (Å²) in [5.74, 6) is -1.26. The van der Waals surface area contributed by atoms with Crippen LogP contribution in [-0.4, -0.2) is 32.8 Å². The van der Waals surface area contributed by atoms with Crippen molar-refractivity contribution in [3.8, 4) is 5.69 Å². The molecule has 0 aliphatic heterocycles. The van der Waals surface area contributed by atoms with Crippen LogP contribution in [0.25, 0.3) is 15.9 Å². The number of aryl methyl sites for hydroxylation is 1. The first-order valence-electron chi connectivity index (χ1n) is 8.61. The van der Waals surface area contributed by atoms with E-state index in [1.54, 1.807) is 0 Å². The van der Waals surface area contributed by atoms with Crippen LogP contribution in [0.5, 0.6) is 0 Å². The molecule has 1 saturated carbocycles. The van der Waals surface area contributed by atoms with Crippen molar-refractivity contribution in [3.63, 3.8) is 0 Å². The number of hydrogen-bond donors (Lipinski definition) is 2. The number of aliphatic carboxylic acids is 1. The Morgan fingerprint density at radius 2 is 2.04 bits per heavy atom. The lowest BCUT2D eigenvalue weighted by Gasteiger charge is -2.11. The van der Waals surface area contributed by atoms with E-state index in [0.717, 1.165) is 21.6 Å². The second-order valence-corrected chi connectivity index (χ2v) is 7.71. The van der Waals surface area contributed by atoms with E-state index in [9.17, 15) is 9.59 Å². The van der Waals surface area contributed by atoms with Crippen molar-refractivity contribution < 1.29 is 14.7 Å². The van der Waals surface area contributed by atoms with Crippen LogP contribution < -0.4 is 5.32 Å². The Bertz CT molecular complexity index is 977. The maximum absolute atomic E-state index is 12.6. The highest BCUT2D eigenvalue weighted by Crippen LogP contribution is 2.31. The summed E-state index contributed by atoms with van der Waals surface area (Å²) >= 11 is 1.41. The SMILES string of the molecule is Cc1nn(-c2ccccc2)c2sc(C(=O)N[C@@H]3CC[C@@H](C(=O)O)C3)cc12. The summed E-state index contributed by atoms with van der Waals surface area (Å²) in [5.41, 5.74) is 1.84. The Hall–Kier alpha value is -2.67. The van der Waals surface area contributed by atoms with Gasteiger partial charge in [-0.25, -0.2) is 4.68 Å². The Labute approximate surface area is 154 Å². The normalized spacial score (nSPS) is 19.7. The van der Waals surface area contributed by atoms with E-state index >= 15 is 0 Å². The van der Waals surface area contributed by atoms with Crippen molar-refractivity contribution in [1.29, 1.82) is 0 Å². The molecule has 6 nitrogen and oxygen atoms in total. The lowest BCUT2D eigenvalue weighted by Crippen LogP contribution is -2.32. The molecule has 0 spiro atoms. The Kier molecular flexibility index (Phi) is 4.24. The molecule has 0 bridgehead atoms. The summed E-state index contributed by atoms with van der Waals surface area (Å²) in [6.07, 6.45) is 1.84. The highest BCUT2D eigenvalue weighted by atomic mass is 32.1. The number of thiophene rings is 1. The zero-order chi connectivity index (χ0) is 18.3. The van der Waals surface area contributed by atoms with E-state index < -0.39 is 5.97 Å². The Morgan fingerprint density at radius 1 is 1.27 bits per heavy atom. The van der Waals surface area contributed by atoms with Gasteiger partial charge in [0.2, 0.25) is 0 Å². The van der Waals surface area contributed by atoms with E-state index in [1.807, 2.05) is 48.0 Å². The number of carbonyl (C=O) groups is 2. The first-order valence-corrected chi connectivity index (χ1v) is 9.43. The summed E-state index contributed by atoms with van der Waals surface area (Å²) < 4.78 is 1.86. The first kappa shape index (κ1) is 16.8. The highest BCUT2D eigenvalue weighted by Gasteiger charge is 2.31. The average molecular weight is 369 g/mol. The van der Waals surface area contributed by atoms with E-state index in [-0.39, 0.29) is 17.9 Å². The van der Waals surface area contributed by atoms with Gasteiger partial charge in [0.15, 0.2) is 0 Å². The van der Waals surface area contributed by atoms with Crippen LogP contribution in [0.4, 0.5) is 0 Å². The van der Waals surface area contributed by atoms with E-state index in [2.05, 4.69) is 10.4 Å². The fourth-order valence-electron chi connectivity index (χ4n) is 3.50. The van der Waals surface area contributed by atoms with E-state index in [0.29, 0.717) is 24.1 Å². The Balaban J connectivity index is 1.58. The van der Waals surface area contributed by atoms with Crippen LogP contribution in [0.3, 0.4) is 0 Å². The zero-order valence-electron chi connectivity index (χ0n) is 14.3. The molecule has 3 aromatic rings. The van der Waals surface area contributed by atoms with Crippen molar-refractivity contribution in [1.82, 2.24) is 15.1 Å². The van der Waals surface area contributed by atoms with Gasteiger partial charge in [0.25, 0.3) is 5.91 Å². The molecule has 1 aliphatic carbocycles. The zero-order valence-corrected chi connectivity index (χ0v) is 15.1. The molecule has 1 fully saturated rings. The van der Waals surface area contributed by atoms with Crippen LogP contribution in [0.1, 0.15) is 34.6 Å². The van der Waals surface area contributed by atoms with Gasteiger partial charge in [0, 0.05) is 11.4 Å². The predicted molar refractivity (Wildman–Crippen MR) is 99.9 cm³/mol. The minimum atomic E-state index is -0.776. The Morgan fingerprint density at radius 3 is 2.73 bits per heavy atom. The van der Waals surface area contributed by atoms with Gasteiger partial charge in [-0.3, -0.25) is 9.59 Å². The van der Waals surface area contributed by atoms with Gasteiger partial charge in [-0.1, -0.05) is 18.2 Å². The van der Waals surface area contributed by atoms with Crippen molar-refractivity contribution in [2.45, 2.75) is 32.2 Å². The molecular weight excluding hydrogens is 350 g/mol. The number of nitrogens with zero attached hydrogens (tertiary/aromatic N) is 2. The summed E-state index contributed by atoms with van der Waals surface area (Å²) in [5, 5.41) is 17.6. The number of nitrogens with one attached hydrogen (secondary N) is 1. The predicted octanol–water partition coefficient (Wildman–Crippen LogP) is 3.38. The lowest BCUT2D eigenvalue weighted by atomic mass is 10.1. The van der Waals surface area contributed by atoms with Crippen LogP contribution >= 0.6 is 11.3 Å². The smallest absolute Gasteiger partial charge is 0.306 e. The molecule has 1 amide bonds. The number of hydrogen-bond acceptors (Lipinski definition) is 4. The average Bonchev–Trinajstić information content (AvgIpc) is 3.32. The van der Waals surface area contributed by atoms with Gasteiger partial charge in [-0.2, -0.15) is 5.10 Å². The molecular formula is C19H19N3O3S. The summed E-state index contributed by atoms with van der Waals surface area (Å²) in [6.45, 7) is 1.94. The van der Waals surface area contributed by atoms with Crippen molar-refractivity contribution in [2.24, 2.45) is 5.92 Å². The maximum Gasteiger partial charge on any atom is 0.306 e. The molecule has 1 aromatic carbocycles. The molecule has 0 saturated heterocycles. The van der Waals surface area contributed by atoms with Crippen molar-refractivity contribution in [2.75, 3.05) is 0 Å². The molecule has 7 heteroatoms. The van der Waals surface area contributed by atoms with Crippen LogP contribution in [0.15, 0.2) is 36.4 Å². The molecule has 0 unspecified atom stereocenters. The van der Waals surface area contributed by atoms with Crippen LogP contribution in [0.2, 0.25) is 0 Å². The van der Waals surface area contributed by atoms with Gasteiger partial charge in [0.1, 0.15) is 4.83 Å². The van der Waals surface area contributed by atoms with Gasteiger partial charge < -0.3 is 10.4 Å². The molecule has 134 valence electrons. The van der Waals surface area contributed by atoms with Gasteiger partial charge in [0.05, 0.1) is 22.2 Å². The second kappa shape index (κ2) is 6.57. The van der Waals surface area contributed by atoms with E-state index in [1.165, 1.54) is 11.3 Å². The van der Waals surface area contributed by atoms with E-state index in [4.69, 9.17) is 5.11 Å². The summed E-state index contributed by atoms with van der Waals surface area (Å²) in [6, 6.07) is 11.6. The van der Waals surface area contributed by atoms with Crippen molar-refractivity contribution in [3.05, 3.63) is 47.0 Å².